The van der Waals surface area contributed by atoms with Crippen molar-refractivity contribution in [3.05, 3.63) is 0 Å². The van der Waals surface area contributed by atoms with Crippen LogP contribution in [0.4, 0.5) is 4.79 Å². The van der Waals surface area contributed by atoms with Crippen LogP contribution in [0.15, 0.2) is 0 Å². The molecule has 2 atom stereocenters. The lowest BCUT2D eigenvalue weighted by atomic mass is 9.94. The molecule has 1 fully saturated rings. The summed E-state index contributed by atoms with van der Waals surface area (Å²) < 4.78 is 0. The number of nitrogens with zero attached hydrogens (tertiary/aromatic N) is 1. The molecule has 0 aromatic rings. The molecule has 0 saturated carbocycles. The lowest BCUT2D eigenvalue weighted by Crippen LogP contribution is -2.52. The minimum absolute atomic E-state index is 0.0480. The van der Waals surface area contributed by atoms with Gasteiger partial charge in [0, 0.05) is 26.2 Å². The molecule has 4 heteroatoms. The zero-order valence-corrected chi connectivity index (χ0v) is 9.34. The minimum Gasteiger partial charge on any atom is -0.341 e. The maximum atomic E-state index is 11.4. The fraction of sp³-hybridized carbons (Fsp3) is 0.900. The number of likely N-dealkylation sites (tertiary alicyclic amines) is 1. The van der Waals surface area contributed by atoms with Gasteiger partial charge in [-0.05, 0) is 18.9 Å². The third-order valence-corrected chi connectivity index (χ3v) is 2.87. The number of amides is 2. The van der Waals surface area contributed by atoms with E-state index >= 15 is 0 Å². The summed E-state index contributed by atoms with van der Waals surface area (Å²) in [5, 5.41) is 6.12. The smallest absolute Gasteiger partial charge is 0.317 e. The molecule has 1 aliphatic heterocycles. The summed E-state index contributed by atoms with van der Waals surface area (Å²) in [7, 11) is 1.68. The minimum atomic E-state index is 0.0480. The van der Waals surface area contributed by atoms with Gasteiger partial charge >= 0.3 is 6.03 Å². The molecule has 1 rings (SSSR count). The molecule has 0 aromatic carbocycles. The summed E-state index contributed by atoms with van der Waals surface area (Å²) in [5.41, 5.74) is 0. The molecule has 82 valence electrons. The van der Waals surface area contributed by atoms with Crippen molar-refractivity contribution in [1.82, 2.24) is 15.5 Å². The van der Waals surface area contributed by atoms with Crippen LogP contribution in [-0.2, 0) is 0 Å². The molecule has 0 radical (unpaired) electrons. The van der Waals surface area contributed by atoms with E-state index in [1.165, 1.54) is 0 Å². The van der Waals surface area contributed by atoms with Crippen molar-refractivity contribution >= 4 is 6.03 Å². The van der Waals surface area contributed by atoms with Crippen molar-refractivity contribution in [1.29, 1.82) is 0 Å². The number of carbonyl (C=O) groups excluding carboxylic acids is 1. The summed E-state index contributed by atoms with van der Waals surface area (Å²) in [5.74, 6) is 0.543. The largest absolute Gasteiger partial charge is 0.341 e. The Kier molecular flexibility index (Phi) is 4.20. The van der Waals surface area contributed by atoms with Gasteiger partial charge in [0.15, 0.2) is 0 Å². The summed E-state index contributed by atoms with van der Waals surface area (Å²) in [4.78, 5) is 13.3. The number of hydrogen-bond acceptors (Lipinski definition) is 2. The Hall–Kier alpha value is -0.770. The fourth-order valence-corrected chi connectivity index (χ4v) is 2.05. The van der Waals surface area contributed by atoms with Crippen LogP contribution in [0.1, 0.15) is 20.3 Å². The number of nitrogens with one attached hydrogen (secondary N) is 2. The van der Waals surface area contributed by atoms with Gasteiger partial charge in [-0.1, -0.05) is 13.8 Å². The molecular formula is C10H21N3O. The number of urea groups is 1. The zero-order valence-electron chi connectivity index (χ0n) is 9.34. The average molecular weight is 199 g/mol. The number of carbonyl (C=O) groups is 1. The van der Waals surface area contributed by atoms with Crippen molar-refractivity contribution in [3.63, 3.8) is 0 Å². The van der Waals surface area contributed by atoms with Gasteiger partial charge in [-0.25, -0.2) is 4.79 Å². The first-order valence-corrected chi connectivity index (χ1v) is 5.39. The van der Waals surface area contributed by atoms with E-state index in [1.807, 2.05) is 4.90 Å². The van der Waals surface area contributed by atoms with Gasteiger partial charge < -0.3 is 15.5 Å². The number of piperidine rings is 1. The Morgan fingerprint density at radius 3 is 2.79 bits per heavy atom. The Labute approximate surface area is 86.0 Å². The molecule has 4 nitrogen and oxygen atoms in total. The molecule has 0 aliphatic carbocycles. The molecule has 2 unspecified atom stereocenters. The van der Waals surface area contributed by atoms with Gasteiger partial charge in [0.25, 0.3) is 0 Å². The zero-order chi connectivity index (χ0) is 10.6. The molecular weight excluding hydrogens is 178 g/mol. The van der Waals surface area contributed by atoms with E-state index < -0.39 is 0 Å². The highest BCUT2D eigenvalue weighted by Crippen LogP contribution is 2.16. The van der Waals surface area contributed by atoms with E-state index in [4.69, 9.17) is 0 Å². The van der Waals surface area contributed by atoms with Crippen molar-refractivity contribution < 1.29 is 4.79 Å². The molecule has 14 heavy (non-hydrogen) atoms. The Balaban J connectivity index is 2.42. The molecule has 2 amide bonds. The summed E-state index contributed by atoms with van der Waals surface area (Å²) >= 11 is 0. The highest BCUT2D eigenvalue weighted by molar-refractivity contribution is 5.73. The third kappa shape index (κ3) is 2.61. The second-order valence-electron chi connectivity index (χ2n) is 3.93. The van der Waals surface area contributed by atoms with Crippen LogP contribution in [0, 0.1) is 5.92 Å². The SMILES string of the molecule is CCNC1CCN(C(=O)NC)CC1C. The monoisotopic (exact) mass is 199 g/mol. The van der Waals surface area contributed by atoms with Gasteiger partial charge in [-0.2, -0.15) is 0 Å². The Morgan fingerprint density at radius 1 is 1.57 bits per heavy atom. The van der Waals surface area contributed by atoms with Gasteiger partial charge in [0.05, 0.1) is 0 Å². The van der Waals surface area contributed by atoms with E-state index in [2.05, 4.69) is 24.5 Å². The van der Waals surface area contributed by atoms with Gasteiger partial charge in [-0.15, -0.1) is 0 Å². The van der Waals surface area contributed by atoms with Crippen molar-refractivity contribution in [2.75, 3.05) is 26.7 Å². The van der Waals surface area contributed by atoms with Crippen molar-refractivity contribution in [2.24, 2.45) is 5.92 Å². The van der Waals surface area contributed by atoms with Crippen LogP contribution in [0.5, 0.6) is 0 Å². The molecule has 2 N–H and O–H groups in total. The van der Waals surface area contributed by atoms with Crippen molar-refractivity contribution in [3.8, 4) is 0 Å². The number of rotatable bonds is 2. The lowest BCUT2D eigenvalue weighted by Gasteiger charge is -2.37. The van der Waals surface area contributed by atoms with E-state index in [0.717, 1.165) is 26.1 Å². The Bertz CT molecular complexity index is 196. The molecule has 1 heterocycles. The maximum Gasteiger partial charge on any atom is 0.317 e. The van der Waals surface area contributed by atoms with Crippen molar-refractivity contribution in [2.45, 2.75) is 26.3 Å². The standard InChI is InChI=1S/C10H21N3O/c1-4-12-9-5-6-13(7-8(9)2)10(14)11-3/h8-9,12H,4-7H2,1-3H3,(H,11,14). The summed E-state index contributed by atoms with van der Waals surface area (Å²) in [6.07, 6.45) is 1.06. The van der Waals surface area contributed by atoms with E-state index in [1.54, 1.807) is 7.05 Å². The van der Waals surface area contributed by atoms with Crippen LogP contribution in [0.3, 0.4) is 0 Å². The first-order valence-electron chi connectivity index (χ1n) is 5.39. The predicted molar refractivity (Wildman–Crippen MR) is 57.3 cm³/mol. The van der Waals surface area contributed by atoms with E-state index in [9.17, 15) is 4.79 Å². The Morgan fingerprint density at radius 2 is 2.29 bits per heavy atom. The van der Waals surface area contributed by atoms with Crippen LogP contribution in [-0.4, -0.2) is 43.7 Å². The predicted octanol–water partition coefficient (Wildman–Crippen LogP) is 0.646. The van der Waals surface area contributed by atoms with Gasteiger partial charge in [0.2, 0.25) is 0 Å². The van der Waals surface area contributed by atoms with Crippen LogP contribution >= 0.6 is 0 Å². The van der Waals surface area contributed by atoms with Crippen LogP contribution in [0.2, 0.25) is 0 Å². The van der Waals surface area contributed by atoms with Gasteiger partial charge in [-0.3, -0.25) is 0 Å². The second kappa shape index (κ2) is 5.20. The topological polar surface area (TPSA) is 44.4 Å². The fourth-order valence-electron chi connectivity index (χ4n) is 2.05. The third-order valence-electron chi connectivity index (χ3n) is 2.87. The van der Waals surface area contributed by atoms with Gasteiger partial charge in [0.1, 0.15) is 0 Å². The summed E-state index contributed by atoms with van der Waals surface area (Å²) in [6.45, 7) is 7.05. The first-order chi connectivity index (χ1) is 6.69. The van der Waals surface area contributed by atoms with E-state index in [0.29, 0.717) is 12.0 Å². The quantitative estimate of drug-likeness (QED) is 0.685. The molecule has 0 spiro atoms. The average Bonchev–Trinajstić information content (AvgIpc) is 2.20. The lowest BCUT2D eigenvalue weighted by molar-refractivity contribution is 0.152. The number of hydrogen-bond donors (Lipinski definition) is 2. The highest BCUT2D eigenvalue weighted by atomic mass is 16.2. The highest BCUT2D eigenvalue weighted by Gasteiger charge is 2.27. The normalized spacial score (nSPS) is 27.5. The van der Waals surface area contributed by atoms with Crippen LogP contribution in [0.25, 0.3) is 0 Å². The molecule has 0 aromatic heterocycles. The molecule has 0 bridgehead atoms. The molecule has 1 aliphatic rings. The maximum absolute atomic E-state index is 11.4. The second-order valence-corrected chi connectivity index (χ2v) is 3.93. The first kappa shape index (κ1) is 11.3. The van der Waals surface area contributed by atoms with E-state index in [-0.39, 0.29) is 6.03 Å². The summed E-state index contributed by atoms with van der Waals surface area (Å²) in [6, 6.07) is 0.618. The van der Waals surface area contributed by atoms with Crippen LogP contribution < -0.4 is 10.6 Å². The molecule has 1 saturated heterocycles.